The normalized spacial score (nSPS) is 10.5. The van der Waals surface area contributed by atoms with Crippen LogP contribution < -0.4 is 10.6 Å². The van der Waals surface area contributed by atoms with E-state index >= 15 is 0 Å². The molecule has 0 heterocycles. The lowest BCUT2D eigenvalue weighted by Crippen LogP contribution is -2.14. The molecule has 0 saturated carbocycles. The molecule has 2 N–H and O–H groups in total. The SMILES string of the molecule is O=C(CCCC(=O)Nc1cccc(Sc2ccccc2[N+](=O)[O-])c1)Nc1cccc(Sc2ccccc2[N+](=O)[O-])c1. The third-order valence-electron chi connectivity index (χ3n) is 5.62. The summed E-state index contributed by atoms with van der Waals surface area (Å²) in [5.41, 5.74) is 1.12. The van der Waals surface area contributed by atoms with Gasteiger partial charge in [-0.05, 0) is 55.0 Å². The first kappa shape index (κ1) is 29.3. The molecule has 0 spiro atoms. The van der Waals surface area contributed by atoms with Gasteiger partial charge in [0, 0.05) is 46.1 Å². The van der Waals surface area contributed by atoms with E-state index in [1.54, 1.807) is 84.9 Å². The van der Waals surface area contributed by atoms with E-state index in [2.05, 4.69) is 10.6 Å². The number of carbonyl (C=O) groups is 2. The zero-order chi connectivity index (χ0) is 29.2. The van der Waals surface area contributed by atoms with Crippen LogP contribution in [0.4, 0.5) is 22.7 Å². The number of hydrogen-bond donors (Lipinski definition) is 2. The number of anilines is 2. The van der Waals surface area contributed by atoms with Crippen LogP contribution in [0.25, 0.3) is 0 Å². The summed E-state index contributed by atoms with van der Waals surface area (Å²) in [6.45, 7) is 0. The maximum absolute atomic E-state index is 12.5. The van der Waals surface area contributed by atoms with Crippen molar-refractivity contribution in [3.05, 3.63) is 117 Å². The first-order chi connectivity index (χ1) is 19.8. The average molecular weight is 589 g/mol. The summed E-state index contributed by atoms with van der Waals surface area (Å²) in [5, 5.41) is 28.2. The number of para-hydroxylation sites is 2. The summed E-state index contributed by atoms with van der Waals surface area (Å²) in [5.74, 6) is -0.512. The number of benzene rings is 4. The van der Waals surface area contributed by atoms with Crippen LogP contribution in [0.15, 0.2) is 117 Å². The maximum atomic E-state index is 12.5. The first-order valence-corrected chi connectivity index (χ1v) is 14.0. The predicted molar refractivity (Wildman–Crippen MR) is 158 cm³/mol. The fraction of sp³-hybridized carbons (Fsp3) is 0.103. The van der Waals surface area contributed by atoms with E-state index in [9.17, 15) is 29.8 Å². The molecule has 4 rings (SSSR count). The van der Waals surface area contributed by atoms with Crippen LogP contribution in [0.1, 0.15) is 19.3 Å². The Morgan fingerprint density at radius 1 is 0.610 bits per heavy atom. The number of rotatable bonds is 12. The van der Waals surface area contributed by atoms with Crippen LogP contribution in [-0.2, 0) is 9.59 Å². The number of amides is 2. The highest BCUT2D eigenvalue weighted by atomic mass is 32.2. The number of hydrogen-bond acceptors (Lipinski definition) is 8. The van der Waals surface area contributed by atoms with Gasteiger partial charge in [-0.15, -0.1) is 0 Å². The lowest BCUT2D eigenvalue weighted by atomic mass is 10.2. The zero-order valence-corrected chi connectivity index (χ0v) is 23.2. The quantitative estimate of drug-likeness (QED) is 0.127. The van der Waals surface area contributed by atoms with Gasteiger partial charge in [-0.3, -0.25) is 29.8 Å². The van der Waals surface area contributed by atoms with Gasteiger partial charge >= 0.3 is 0 Å². The largest absolute Gasteiger partial charge is 0.326 e. The molecule has 0 aromatic heterocycles. The van der Waals surface area contributed by atoms with Gasteiger partial charge in [0.25, 0.3) is 11.4 Å². The molecule has 0 bridgehead atoms. The van der Waals surface area contributed by atoms with Gasteiger partial charge in [0.2, 0.25) is 11.8 Å². The van der Waals surface area contributed by atoms with Crippen LogP contribution in [0, 0.1) is 20.2 Å². The summed E-state index contributed by atoms with van der Waals surface area (Å²) >= 11 is 2.46. The predicted octanol–water partition coefficient (Wildman–Crippen LogP) is 7.55. The highest BCUT2D eigenvalue weighted by Gasteiger charge is 2.15. The molecule has 4 aromatic carbocycles. The van der Waals surface area contributed by atoms with Gasteiger partial charge in [-0.2, -0.15) is 0 Å². The molecule has 10 nitrogen and oxygen atoms in total. The molecule has 2 amide bonds. The smallest absolute Gasteiger partial charge is 0.283 e. The lowest BCUT2D eigenvalue weighted by Gasteiger charge is -2.09. The summed E-state index contributed by atoms with van der Waals surface area (Å²) in [6.07, 6.45) is 0.581. The van der Waals surface area contributed by atoms with E-state index in [4.69, 9.17) is 0 Å². The van der Waals surface area contributed by atoms with Gasteiger partial charge in [-0.25, -0.2) is 0 Å². The monoisotopic (exact) mass is 588 g/mol. The molecule has 0 aliphatic carbocycles. The lowest BCUT2D eigenvalue weighted by molar-refractivity contribution is -0.387. The van der Waals surface area contributed by atoms with Crippen molar-refractivity contribution < 1.29 is 19.4 Å². The molecule has 0 radical (unpaired) electrons. The Bertz CT molecular complexity index is 1480. The van der Waals surface area contributed by atoms with E-state index < -0.39 is 9.85 Å². The molecule has 0 aliphatic rings. The minimum absolute atomic E-state index is 0.0101. The number of nitrogens with one attached hydrogen (secondary N) is 2. The molecule has 12 heteroatoms. The Hall–Kier alpha value is -4.68. The van der Waals surface area contributed by atoms with Crippen molar-refractivity contribution in [1.82, 2.24) is 0 Å². The Balaban J connectivity index is 1.25. The van der Waals surface area contributed by atoms with Crippen LogP contribution in [0.3, 0.4) is 0 Å². The fourth-order valence-corrected chi connectivity index (χ4v) is 5.73. The summed E-state index contributed by atoms with van der Waals surface area (Å²) in [4.78, 5) is 49.1. The first-order valence-electron chi connectivity index (χ1n) is 12.4. The molecule has 208 valence electrons. The Labute approximate surface area is 243 Å². The highest BCUT2D eigenvalue weighted by molar-refractivity contribution is 7.99. The minimum Gasteiger partial charge on any atom is -0.326 e. The Morgan fingerprint density at radius 3 is 1.44 bits per heavy atom. The molecular weight excluding hydrogens is 564 g/mol. The molecule has 0 unspecified atom stereocenters. The topological polar surface area (TPSA) is 144 Å². The van der Waals surface area contributed by atoms with Crippen molar-refractivity contribution in [2.75, 3.05) is 10.6 Å². The summed E-state index contributed by atoms with van der Waals surface area (Å²) < 4.78 is 0. The number of nitro groups is 2. The van der Waals surface area contributed by atoms with Crippen molar-refractivity contribution in [1.29, 1.82) is 0 Å². The van der Waals surface area contributed by atoms with Crippen molar-refractivity contribution in [2.45, 2.75) is 38.8 Å². The summed E-state index contributed by atoms with van der Waals surface area (Å²) in [6, 6.07) is 26.9. The second kappa shape index (κ2) is 14.1. The minimum atomic E-state index is -0.432. The number of carbonyl (C=O) groups excluding carboxylic acids is 2. The van der Waals surface area contributed by atoms with Crippen molar-refractivity contribution in [2.24, 2.45) is 0 Å². The van der Waals surface area contributed by atoms with Gasteiger partial charge < -0.3 is 10.6 Å². The van der Waals surface area contributed by atoms with E-state index in [1.165, 1.54) is 35.7 Å². The van der Waals surface area contributed by atoms with Gasteiger partial charge in [0.15, 0.2) is 0 Å². The van der Waals surface area contributed by atoms with Crippen LogP contribution >= 0.6 is 23.5 Å². The number of nitro benzene ring substituents is 2. The van der Waals surface area contributed by atoms with Crippen molar-refractivity contribution in [3.63, 3.8) is 0 Å². The fourth-order valence-electron chi connectivity index (χ4n) is 3.77. The van der Waals surface area contributed by atoms with E-state index in [-0.39, 0.29) is 36.0 Å². The molecular formula is C29H24N4O6S2. The van der Waals surface area contributed by atoms with Crippen LogP contribution in [0.2, 0.25) is 0 Å². The van der Waals surface area contributed by atoms with E-state index in [1.807, 2.05) is 0 Å². The molecule has 0 aliphatic heterocycles. The van der Waals surface area contributed by atoms with Crippen LogP contribution in [0.5, 0.6) is 0 Å². The standard InChI is InChI=1S/C29H24N4O6S2/c34-28(30-20-8-5-10-22(18-20)40-26-14-3-1-12-24(26)32(36)37)16-7-17-29(35)31-21-9-6-11-23(19-21)41-27-15-4-2-13-25(27)33(38)39/h1-6,8-15,18-19H,7,16-17H2,(H,30,34)(H,31,35). The van der Waals surface area contributed by atoms with Crippen molar-refractivity contribution >= 4 is 58.1 Å². The van der Waals surface area contributed by atoms with Gasteiger partial charge in [0.05, 0.1) is 19.6 Å². The average Bonchev–Trinajstić information content (AvgIpc) is 2.94. The third-order valence-corrected chi connectivity index (χ3v) is 7.73. The summed E-state index contributed by atoms with van der Waals surface area (Å²) in [7, 11) is 0. The van der Waals surface area contributed by atoms with Gasteiger partial charge in [0.1, 0.15) is 0 Å². The highest BCUT2D eigenvalue weighted by Crippen LogP contribution is 2.36. The second-order valence-corrected chi connectivity index (χ2v) is 10.9. The second-order valence-electron chi connectivity index (χ2n) is 8.66. The van der Waals surface area contributed by atoms with Crippen molar-refractivity contribution in [3.8, 4) is 0 Å². The van der Waals surface area contributed by atoms with E-state index in [0.717, 1.165) is 9.79 Å². The maximum Gasteiger partial charge on any atom is 0.283 e. The molecule has 0 atom stereocenters. The van der Waals surface area contributed by atoms with E-state index in [0.29, 0.717) is 27.6 Å². The third kappa shape index (κ3) is 8.65. The molecule has 0 fully saturated rings. The van der Waals surface area contributed by atoms with Gasteiger partial charge in [-0.1, -0.05) is 59.9 Å². The zero-order valence-electron chi connectivity index (χ0n) is 21.5. The molecule has 4 aromatic rings. The van der Waals surface area contributed by atoms with Crippen LogP contribution in [-0.4, -0.2) is 21.7 Å². The molecule has 0 saturated heterocycles. The number of nitrogens with zero attached hydrogens (tertiary/aromatic N) is 2. The molecule has 41 heavy (non-hydrogen) atoms. The Morgan fingerprint density at radius 2 is 1.02 bits per heavy atom. The Kier molecular flexibility index (Phi) is 10.1.